The monoisotopic (exact) mass is 427 g/mol. The highest BCUT2D eigenvalue weighted by Crippen LogP contribution is 2.36. The summed E-state index contributed by atoms with van der Waals surface area (Å²) in [7, 11) is 1.49. The fourth-order valence-corrected chi connectivity index (χ4v) is 4.75. The summed E-state index contributed by atoms with van der Waals surface area (Å²) in [5, 5.41) is 9.98. The molecule has 0 radical (unpaired) electrons. The first kappa shape index (κ1) is 19.5. The number of rotatable bonds is 5. The second-order valence-electron chi connectivity index (χ2n) is 6.64. The largest absolute Gasteiger partial charge is 0.332 e. The lowest BCUT2D eigenvalue weighted by atomic mass is 10.1. The van der Waals surface area contributed by atoms with E-state index in [1.54, 1.807) is 28.7 Å². The number of carbonyl (C=O) groups excluding carboxylic acids is 2. The van der Waals surface area contributed by atoms with Crippen molar-refractivity contribution in [3.05, 3.63) is 80.4 Å². The van der Waals surface area contributed by atoms with E-state index in [0.717, 1.165) is 15.5 Å². The Morgan fingerprint density at radius 3 is 2.59 bits per heavy atom. The summed E-state index contributed by atoms with van der Waals surface area (Å²) in [6.07, 6.45) is 0.623. The number of likely N-dealkylation sites (N-methyl/N-ethyl adjacent to an activating group) is 1. The summed E-state index contributed by atoms with van der Waals surface area (Å²) in [4.78, 5) is 28.9. The smallest absolute Gasteiger partial charge is 0.262 e. The second-order valence-corrected chi connectivity index (χ2v) is 8.57. The van der Waals surface area contributed by atoms with Crippen LogP contribution in [0.15, 0.2) is 64.4 Å². The highest BCUT2D eigenvalue weighted by atomic mass is 32.1. The topological polar surface area (TPSA) is 53.0 Å². The van der Waals surface area contributed by atoms with Crippen molar-refractivity contribution in [1.29, 1.82) is 0 Å². The quantitative estimate of drug-likeness (QED) is 0.606. The van der Waals surface area contributed by atoms with Crippen molar-refractivity contribution in [2.75, 3.05) is 13.6 Å². The van der Waals surface area contributed by atoms with Crippen LogP contribution in [0.3, 0.4) is 0 Å². The minimum absolute atomic E-state index is 0.0539. The van der Waals surface area contributed by atoms with E-state index in [1.807, 2.05) is 35.0 Å². The van der Waals surface area contributed by atoms with Crippen LogP contribution < -0.4 is 0 Å². The van der Waals surface area contributed by atoms with Gasteiger partial charge in [0.2, 0.25) is 0 Å². The van der Waals surface area contributed by atoms with E-state index < -0.39 is 11.7 Å². The Labute approximate surface area is 175 Å². The van der Waals surface area contributed by atoms with Crippen LogP contribution in [-0.4, -0.2) is 41.0 Å². The minimum Gasteiger partial charge on any atom is -0.332 e. The number of benzene rings is 1. The molecule has 0 fully saturated rings. The third-order valence-electron chi connectivity index (χ3n) is 4.67. The van der Waals surface area contributed by atoms with Crippen LogP contribution in [0.4, 0.5) is 4.39 Å². The standard InChI is InChI=1S/C21H18FN3O2S2/c1-24(21(27)14-6-2-3-7-15(14)22)13-20(26)25-17(19-9-5-11-29-19)12-16(23-25)18-8-4-10-28-18/h2-11,17H,12-13H2,1H3. The van der Waals surface area contributed by atoms with Gasteiger partial charge in [-0.15, -0.1) is 22.7 Å². The molecule has 2 aromatic heterocycles. The maximum atomic E-state index is 13.9. The highest BCUT2D eigenvalue weighted by Gasteiger charge is 2.35. The van der Waals surface area contributed by atoms with E-state index in [4.69, 9.17) is 0 Å². The molecule has 0 bridgehead atoms. The number of halogens is 1. The van der Waals surface area contributed by atoms with Crippen LogP contribution in [0.5, 0.6) is 0 Å². The Balaban J connectivity index is 1.55. The second kappa shape index (κ2) is 8.26. The zero-order valence-corrected chi connectivity index (χ0v) is 17.3. The molecule has 3 aromatic rings. The van der Waals surface area contributed by atoms with Gasteiger partial charge in [-0.25, -0.2) is 9.40 Å². The van der Waals surface area contributed by atoms with Crippen LogP contribution in [0, 0.1) is 5.82 Å². The average Bonchev–Trinajstić information content (AvgIpc) is 3.48. The number of amides is 2. The number of hydrazone groups is 1. The average molecular weight is 428 g/mol. The SMILES string of the molecule is CN(CC(=O)N1N=C(c2cccs2)CC1c1cccs1)C(=O)c1ccccc1F. The van der Waals surface area contributed by atoms with Gasteiger partial charge in [0.1, 0.15) is 12.4 Å². The Bertz CT molecular complexity index is 1050. The lowest BCUT2D eigenvalue weighted by Gasteiger charge is -2.24. The molecule has 1 aliphatic rings. The molecule has 0 N–H and O–H groups in total. The van der Waals surface area contributed by atoms with Crippen LogP contribution in [0.25, 0.3) is 0 Å². The van der Waals surface area contributed by atoms with Gasteiger partial charge < -0.3 is 4.90 Å². The third kappa shape index (κ3) is 3.99. The van der Waals surface area contributed by atoms with E-state index in [9.17, 15) is 14.0 Å². The molecule has 1 atom stereocenters. The fraction of sp³-hybridized carbons (Fsp3) is 0.190. The molecule has 1 aliphatic heterocycles. The molecule has 0 aliphatic carbocycles. The van der Waals surface area contributed by atoms with Gasteiger partial charge in [-0.3, -0.25) is 9.59 Å². The van der Waals surface area contributed by atoms with Gasteiger partial charge in [-0.05, 0) is 35.0 Å². The first-order chi connectivity index (χ1) is 14.0. The zero-order chi connectivity index (χ0) is 20.4. The van der Waals surface area contributed by atoms with Crippen molar-refractivity contribution < 1.29 is 14.0 Å². The molecule has 1 unspecified atom stereocenters. The molecule has 148 valence electrons. The van der Waals surface area contributed by atoms with Crippen LogP contribution in [0.2, 0.25) is 0 Å². The van der Waals surface area contributed by atoms with Crippen molar-refractivity contribution >= 4 is 40.2 Å². The van der Waals surface area contributed by atoms with E-state index >= 15 is 0 Å². The summed E-state index contributed by atoms with van der Waals surface area (Å²) in [5.74, 6) is -1.44. The molecule has 1 aromatic carbocycles. The Morgan fingerprint density at radius 2 is 1.90 bits per heavy atom. The normalized spacial score (nSPS) is 16.0. The predicted octanol–water partition coefficient (Wildman–Crippen LogP) is 4.40. The van der Waals surface area contributed by atoms with Gasteiger partial charge >= 0.3 is 0 Å². The van der Waals surface area contributed by atoms with E-state index in [2.05, 4.69) is 5.10 Å². The molecule has 3 heterocycles. The van der Waals surface area contributed by atoms with Gasteiger partial charge in [0.25, 0.3) is 11.8 Å². The van der Waals surface area contributed by atoms with Crippen LogP contribution in [-0.2, 0) is 4.79 Å². The minimum atomic E-state index is -0.604. The Kier molecular flexibility index (Phi) is 5.55. The van der Waals surface area contributed by atoms with Gasteiger partial charge in [-0.1, -0.05) is 24.3 Å². The van der Waals surface area contributed by atoms with Crippen molar-refractivity contribution in [3.63, 3.8) is 0 Å². The molecule has 0 spiro atoms. The van der Waals surface area contributed by atoms with Gasteiger partial charge in [0.05, 0.1) is 22.2 Å². The van der Waals surface area contributed by atoms with Gasteiger partial charge in [-0.2, -0.15) is 5.10 Å². The number of carbonyl (C=O) groups is 2. The van der Waals surface area contributed by atoms with Crippen molar-refractivity contribution in [2.45, 2.75) is 12.5 Å². The summed E-state index contributed by atoms with van der Waals surface area (Å²) in [5.41, 5.74) is 0.802. The van der Waals surface area contributed by atoms with Gasteiger partial charge in [0, 0.05) is 18.3 Å². The lowest BCUT2D eigenvalue weighted by Crippen LogP contribution is -2.39. The van der Waals surface area contributed by atoms with Crippen molar-refractivity contribution in [1.82, 2.24) is 9.91 Å². The molecule has 0 saturated carbocycles. The van der Waals surface area contributed by atoms with E-state index in [1.165, 1.54) is 35.2 Å². The van der Waals surface area contributed by atoms with Gasteiger partial charge in [0.15, 0.2) is 0 Å². The number of hydrogen-bond acceptors (Lipinski definition) is 5. The third-order valence-corrected chi connectivity index (χ3v) is 6.56. The van der Waals surface area contributed by atoms with E-state index in [0.29, 0.717) is 6.42 Å². The molecule has 0 saturated heterocycles. The Hall–Kier alpha value is -2.84. The maximum absolute atomic E-state index is 13.9. The first-order valence-electron chi connectivity index (χ1n) is 9.01. The summed E-state index contributed by atoms with van der Waals surface area (Å²) >= 11 is 3.15. The summed E-state index contributed by atoms with van der Waals surface area (Å²) < 4.78 is 13.9. The van der Waals surface area contributed by atoms with Crippen molar-refractivity contribution in [3.8, 4) is 0 Å². The molecule has 5 nitrogen and oxygen atoms in total. The van der Waals surface area contributed by atoms with Crippen LogP contribution >= 0.6 is 22.7 Å². The molecule has 2 amide bonds. The molecular formula is C21H18FN3O2S2. The highest BCUT2D eigenvalue weighted by molar-refractivity contribution is 7.12. The van der Waals surface area contributed by atoms with Crippen molar-refractivity contribution in [2.24, 2.45) is 5.10 Å². The summed E-state index contributed by atoms with van der Waals surface area (Å²) in [6, 6.07) is 13.4. The zero-order valence-electron chi connectivity index (χ0n) is 15.6. The molecule has 4 rings (SSSR count). The Morgan fingerprint density at radius 1 is 1.14 bits per heavy atom. The predicted molar refractivity (Wildman–Crippen MR) is 113 cm³/mol. The molecule has 8 heteroatoms. The molecule has 29 heavy (non-hydrogen) atoms. The van der Waals surface area contributed by atoms with E-state index in [-0.39, 0.29) is 24.1 Å². The number of thiophene rings is 2. The fourth-order valence-electron chi connectivity index (χ4n) is 3.22. The first-order valence-corrected chi connectivity index (χ1v) is 10.8. The summed E-state index contributed by atoms with van der Waals surface area (Å²) in [6.45, 7) is -0.184. The lowest BCUT2D eigenvalue weighted by molar-refractivity contribution is -0.133. The number of hydrogen-bond donors (Lipinski definition) is 0. The number of nitrogens with zero attached hydrogens (tertiary/aromatic N) is 3. The van der Waals surface area contributed by atoms with Crippen LogP contribution in [0.1, 0.15) is 32.6 Å². The maximum Gasteiger partial charge on any atom is 0.262 e. The molecular weight excluding hydrogens is 409 g/mol.